The van der Waals surface area contributed by atoms with Crippen LogP contribution < -0.4 is 5.32 Å². The normalized spacial score (nSPS) is 20.1. The summed E-state index contributed by atoms with van der Waals surface area (Å²) >= 11 is 1.87. The van der Waals surface area contributed by atoms with Crippen LogP contribution in [0.4, 0.5) is 0 Å². The molecule has 1 unspecified atom stereocenters. The van der Waals surface area contributed by atoms with Crippen LogP contribution >= 0.6 is 11.3 Å². The predicted octanol–water partition coefficient (Wildman–Crippen LogP) is 4.14. The summed E-state index contributed by atoms with van der Waals surface area (Å²) < 4.78 is 0. The average Bonchev–Trinajstić information content (AvgIpc) is 2.92. The van der Waals surface area contributed by atoms with E-state index in [-0.39, 0.29) is 0 Å². The van der Waals surface area contributed by atoms with Gasteiger partial charge in [-0.3, -0.25) is 0 Å². The first-order valence-corrected chi connectivity index (χ1v) is 7.20. The molecule has 2 rings (SSSR count). The molecule has 0 aliphatic heterocycles. The van der Waals surface area contributed by atoms with Crippen molar-refractivity contribution in [2.75, 3.05) is 6.54 Å². The molecule has 1 nitrogen and oxygen atoms in total. The highest BCUT2D eigenvalue weighted by Gasteiger charge is 2.44. The van der Waals surface area contributed by atoms with E-state index in [1.807, 2.05) is 11.3 Å². The number of hydrogen-bond donors (Lipinski definition) is 1. The van der Waals surface area contributed by atoms with Gasteiger partial charge in [0.2, 0.25) is 0 Å². The Morgan fingerprint density at radius 2 is 2.06 bits per heavy atom. The molecule has 1 fully saturated rings. The number of rotatable bonds is 5. The van der Waals surface area contributed by atoms with Gasteiger partial charge in [-0.1, -0.05) is 13.8 Å². The van der Waals surface area contributed by atoms with E-state index in [1.54, 1.807) is 0 Å². The van der Waals surface area contributed by atoms with Gasteiger partial charge in [-0.25, -0.2) is 0 Å². The molecular weight excluding hydrogens is 214 g/mol. The van der Waals surface area contributed by atoms with E-state index < -0.39 is 0 Å². The Bertz CT molecular complexity index is 349. The molecule has 1 aromatic rings. The Balaban J connectivity index is 1.89. The van der Waals surface area contributed by atoms with Gasteiger partial charge in [0.1, 0.15) is 0 Å². The summed E-state index contributed by atoms with van der Waals surface area (Å²) in [6, 6.07) is 2.73. The average molecular weight is 237 g/mol. The Labute approximate surface area is 103 Å². The van der Waals surface area contributed by atoms with Crippen LogP contribution in [0.15, 0.2) is 11.4 Å². The summed E-state index contributed by atoms with van der Waals surface area (Å²) in [5, 5.41) is 5.91. The van der Waals surface area contributed by atoms with E-state index in [0.29, 0.717) is 11.5 Å². The quantitative estimate of drug-likeness (QED) is 0.811. The summed E-state index contributed by atoms with van der Waals surface area (Å²) in [5.41, 5.74) is 2.04. The van der Waals surface area contributed by atoms with Crippen LogP contribution in [0.5, 0.6) is 0 Å². The number of aryl methyl sites for hydroxylation is 1. The highest BCUT2D eigenvalue weighted by Crippen LogP contribution is 2.51. The van der Waals surface area contributed by atoms with Crippen LogP contribution in [0, 0.1) is 18.3 Å². The maximum Gasteiger partial charge on any atom is 0.0388 e. The van der Waals surface area contributed by atoms with Crippen molar-refractivity contribution in [3.05, 3.63) is 21.9 Å². The fourth-order valence-electron chi connectivity index (χ4n) is 2.40. The molecule has 0 saturated heterocycles. The maximum atomic E-state index is 3.72. The second-order valence-corrected chi connectivity index (χ2v) is 6.54. The minimum Gasteiger partial charge on any atom is -0.309 e. The van der Waals surface area contributed by atoms with Gasteiger partial charge < -0.3 is 5.32 Å². The Morgan fingerprint density at radius 1 is 1.38 bits per heavy atom. The number of nitrogens with one attached hydrogen (secondary N) is 1. The molecule has 16 heavy (non-hydrogen) atoms. The summed E-state index contributed by atoms with van der Waals surface area (Å²) in [6.07, 6.45) is 2.82. The minimum absolute atomic E-state index is 0.510. The topological polar surface area (TPSA) is 12.0 Å². The SMILES string of the molecule is Cc1ccsc1C(C)NCC1(C(C)C)CC1. The molecule has 2 heteroatoms. The summed E-state index contributed by atoms with van der Waals surface area (Å²) in [4.78, 5) is 1.50. The second-order valence-electron chi connectivity index (χ2n) is 5.59. The van der Waals surface area contributed by atoms with Gasteiger partial charge in [-0.15, -0.1) is 11.3 Å². The van der Waals surface area contributed by atoms with Crippen molar-refractivity contribution in [2.45, 2.75) is 46.6 Å². The van der Waals surface area contributed by atoms with E-state index in [9.17, 15) is 0 Å². The molecule has 1 N–H and O–H groups in total. The van der Waals surface area contributed by atoms with Gasteiger partial charge in [0.15, 0.2) is 0 Å². The highest BCUT2D eigenvalue weighted by molar-refractivity contribution is 7.10. The Kier molecular flexibility index (Phi) is 3.41. The minimum atomic E-state index is 0.510. The molecule has 1 aromatic heterocycles. The van der Waals surface area contributed by atoms with E-state index in [2.05, 4.69) is 44.5 Å². The summed E-state index contributed by atoms with van der Waals surface area (Å²) in [6.45, 7) is 10.4. The third kappa shape index (κ3) is 2.33. The smallest absolute Gasteiger partial charge is 0.0388 e. The molecule has 1 saturated carbocycles. The molecule has 1 atom stereocenters. The first-order chi connectivity index (χ1) is 7.55. The van der Waals surface area contributed by atoms with Crippen molar-refractivity contribution in [2.24, 2.45) is 11.3 Å². The number of thiophene rings is 1. The molecule has 0 amide bonds. The standard InChI is InChI=1S/C14H23NS/c1-10(2)14(6-7-14)9-15-12(4)13-11(3)5-8-16-13/h5,8,10,12,15H,6-7,9H2,1-4H3. The largest absolute Gasteiger partial charge is 0.309 e. The molecule has 1 aliphatic rings. The zero-order valence-electron chi connectivity index (χ0n) is 10.8. The molecule has 1 heterocycles. The van der Waals surface area contributed by atoms with E-state index in [0.717, 1.165) is 5.92 Å². The monoisotopic (exact) mass is 237 g/mol. The fraction of sp³-hybridized carbons (Fsp3) is 0.714. The van der Waals surface area contributed by atoms with Crippen LogP contribution in [0.1, 0.15) is 50.1 Å². The van der Waals surface area contributed by atoms with Crippen molar-refractivity contribution < 1.29 is 0 Å². The van der Waals surface area contributed by atoms with Crippen LogP contribution in [0.25, 0.3) is 0 Å². The van der Waals surface area contributed by atoms with Crippen molar-refractivity contribution >= 4 is 11.3 Å². The van der Waals surface area contributed by atoms with Gasteiger partial charge in [0.05, 0.1) is 0 Å². The van der Waals surface area contributed by atoms with Crippen molar-refractivity contribution in [3.8, 4) is 0 Å². The molecule has 0 radical (unpaired) electrons. The van der Waals surface area contributed by atoms with Crippen LogP contribution in [0.3, 0.4) is 0 Å². The van der Waals surface area contributed by atoms with Crippen LogP contribution in [-0.2, 0) is 0 Å². The van der Waals surface area contributed by atoms with Gasteiger partial charge in [-0.2, -0.15) is 0 Å². The summed E-state index contributed by atoms with van der Waals surface area (Å²) in [5.74, 6) is 0.816. The molecule has 0 aromatic carbocycles. The van der Waals surface area contributed by atoms with Crippen LogP contribution in [-0.4, -0.2) is 6.54 Å². The third-order valence-electron chi connectivity index (χ3n) is 4.17. The molecule has 1 aliphatic carbocycles. The highest BCUT2D eigenvalue weighted by atomic mass is 32.1. The van der Waals surface area contributed by atoms with Gasteiger partial charge in [0.25, 0.3) is 0 Å². The third-order valence-corrected chi connectivity index (χ3v) is 5.37. The van der Waals surface area contributed by atoms with Gasteiger partial charge in [-0.05, 0) is 55.0 Å². The molecule has 0 spiro atoms. The zero-order chi connectivity index (χ0) is 11.8. The lowest BCUT2D eigenvalue weighted by molar-refractivity contribution is 0.325. The lowest BCUT2D eigenvalue weighted by atomic mass is 9.92. The Hall–Kier alpha value is -0.340. The van der Waals surface area contributed by atoms with Gasteiger partial charge >= 0.3 is 0 Å². The lowest BCUT2D eigenvalue weighted by Gasteiger charge is -2.23. The van der Waals surface area contributed by atoms with E-state index in [4.69, 9.17) is 0 Å². The Morgan fingerprint density at radius 3 is 2.50 bits per heavy atom. The lowest BCUT2D eigenvalue weighted by Crippen LogP contribution is -2.29. The van der Waals surface area contributed by atoms with Crippen LogP contribution in [0.2, 0.25) is 0 Å². The van der Waals surface area contributed by atoms with Crippen molar-refractivity contribution in [1.29, 1.82) is 0 Å². The van der Waals surface area contributed by atoms with Gasteiger partial charge in [0, 0.05) is 17.5 Å². The van der Waals surface area contributed by atoms with E-state index >= 15 is 0 Å². The predicted molar refractivity (Wildman–Crippen MR) is 72.0 cm³/mol. The summed E-state index contributed by atoms with van der Waals surface area (Å²) in [7, 11) is 0. The van der Waals surface area contributed by atoms with E-state index in [1.165, 1.54) is 29.8 Å². The van der Waals surface area contributed by atoms with Crippen molar-refractivity contribution in [1.82, 2.24) is 5.32 Å². The molecular formula is C14H23NS. The molecule has 90 valence electrons. The molecule has 0 bridgehead atoms. The first-order valence-electron chi connectivity index (χ1n) is 6.32. The second kappa shape index (κ2) is 4.50. The zero-order valence-corrected chi connectivity index (χ0v) is 11.7. The number of hydrogen-bond acceptors (Lipinski definition) is 2. The fourth-order valence-corrected chi connectivity index (χ4v) is 3.36. The first kappa shape index (κ1) is 12.1. The van der Waals surface area contributed by atoms with Crippen molar-refractivity contribution in [3.63, 3.8) is 0 Å². The maximum absolute atomic E-state index is 3.72.